The van der Waals surface area contributed by atoms with Gasteiger partial charge in [-0.25, -0.2) is 0 Å². The molecule has 0 aromatic heterocycles. The number of Topliss-reactive ketones (excluding diaryl/α,β-unsaturated/α-hetero) is 1. The fourth-order valence-electron chi connectivity index (χ4n) is 2.11. The first-order valence-electron chi connectivity index (χ1n) is 6.39. The van der Waals surface area contributed by atoms with Gasteiger partial charge in [0.2, 0.25) is 5.78 Å². The Labute approximate surface area is 117 Å². The van der Waals surface area contributed by atoms with E-state index in [4.69, 9.17) is 5.73 Å². The number of allylic oxidation sites excluding steroid dienone is 3. The van der Waals surface area contributed by atoms with Crippen molar-refractivity contribution < 1.29 is 4.79 Å². The van der Waals surface area contributed by atoms with Gasteiger partial charge in [0.05, 0.1) is 5.70 Å². The summed E-state index contributed by atoms with van der Waals surface area (Å²) in [5.41, 5.74) is 9.44. The molecule has 0 spiro atoms. The average Bonchev–Trinajstić information content (AvgIpc) is 2.69. The summed E-state index contributed by atoms with van der Waals surface area (Å²) in [6.07, 6.45) is 5.65. The number of fused-ring (bicyclic) bond motifs is 1. The number of ketones is 1. The highest BCUT2D eigenvalue weighted by atomic mass is 16.1. The number of para-hydroxylation sites is 1. The molecule has 0 atom stereocenters. The van der Waals surface area contributed by atoms with Crippen LogP contribution in [0.3, 0.4) is 0 Å². The lowest BCUT2D eigenvalue weighted by Gasteiger charge is -2.10. The van der Waals surface area contributed by atoms with E-state index in [-0.39, 0.29) is 5.78 Å². The Morgan fingerprint density at radius 3 is 2.55 bits per heavy atom. The summed E-state index contributed by atoms with van der Waals surface area (Å²) in [6.45, 7) is 0. The Hall–Kier alpha value is -2.81. The largest absolute Gasteiger partial charge is 0.399 e. The van der Waals surface area contributed by atoms with Crippen LogP contribution in [0.4, 0.5) is 11.4 Å². The molecule has 1 aliphatic heterocycles. The Kier molecular flexibility index (Phi) is 3.09. The number of carbonyl (C=O) groups is 1. The first-order valence-corrected chi connectivity index (χ1v) is 6.39. The van der Waals surface area contributed by atoms with Gasteiger partial charge in [0.1, 0.15) is 0 Å². The second-order valence-electron chi connectivity index (χ2n) is 4.60. The SMILES string of the molecule is Nc1ccc(C(=O)C2=CC=Cc3ccccc3N2)cc1. The zero-order valence-electron chi connectivity index (χ0n) is 10.8. The molecule has 3 heteroatoms. The molecule has 1 aliphatic rings. The second-order valence-corrected chi connectivity index (χ2v) is 4.60. The summed E-state index contributed by atoms with van der Waals surface area (Å²) in [7, 11) is 0. The van der Waals surface area contributed by atoms with E-state index in [9.17, 15) is 4.79 Å². The van der Waals surface area contributed by atoms with Gasteiger partial charge in [-0.05, 0) is 42.0 Å². The summed E-state index contributed by atoms with van der Waals surface area (Å²) in [6, 6.07) is 14.8. The lowest BCUT2D eigenvalue weighted by molar-refractivity contribution is 0.103. The first kappa shape index (κ1) is 12.2. The van der Waals surface area contributed by atoms with Crippen LogP contribution in [0, 0.1) is 0 Å². The third-order valence-electron chi connectivity index (χ3n) is 3.19. The summed E-state index contributed by atoms with van der Waals surface area (Å²) in [5.74, 6) is -0.0497. The summed E-state index contributed by atoms with van der Waals surface area (Å²) >= 11 is 0. The van der Waals surface area contributed by atoms with Crippen molar-refractivity contribution in [3.05, 3.63) is 77.5 Å². The number of carbonyl (C=O) groups excluding carboxylic acids is 1. The molecule has 0 aliphatic carbocycles. The zero-order chi connectivity index (χ0) is 13.9. The van der Waals surface area contributed by atoms with E-state index in [1.54, 1.807) is 30.3 Å². The number of nitrogen functional groups attached to an aromatic ring is 1. The molecule has 1 heterocycles. The van der Waals surface area contributed by atoms with Crippen LogP contribution in [0.5, 0.6) is 0 Å². The van der Waals surface area contributed by atoms with Crippen LogP contribution < -0.4 is 11.1 Å². The lowest BCUT2D eigenvalue weighted by atomic mass is 10.1. The molecule has 0 unspecified atom stereocenters. The number of nitrogens with one attached hydrogen (secondary N) is 1. The standard InChI is InChI=1S/C17H14N2O/c18-14-10-8-13(9-11-14)17(20)16-7-3-5-12-4-1-2-6-15(12)19-16/h1-11,19H,18H2. The van der Waals surface area contributed by atoms with Crippen molar-refractivity contribution in [2.45, 2.75) is 0 Å². The van der Waals surface area contributed by atoms with Crippen LogP contribution in [-0.2, 0) is 0 Å². The van der Waals surface area contributed by atoms with Gasteiger partial charge in [0.25, 0.3) is 0 Å². The third kappa shape index (κ3) is 2.34. The minimum Gasteiger partial charge on any atom is -0.399 e. The fourth-order valence-corrected chi connectivity index (χ4v) is 2.11. The molecule has 20 heavy (non-hydrogen) atoms. The molecule has 3 N–H and O–H groups in total. The number of anilines is 2. The molecule has 98 valence electrons. The molecule has 0 fully saturated rings. The van der Waals surface area contributed by atoms with Crippen molar-refractivity contribution in [1.82, 2.24) is 0 Å². The number of hydrogen-bond donors (Lipinski definition) is 2. The molecule has 3 nitrogen and oxygen atoms in total. The summed E-state index contributed by atoms with van der Waals surface area (Å²) < 4.78 is 0. The number of benzene rings is 2. The predicted molar refractivity (Wildman–Crippen MR) is 82.4 cm³/mol. The summed E-state index contributed by atoms with van der Waals surface area (Å²) in [5, 5.41) is 3.19. The van der Waals surface area contributed by atoms with E-state index in [0.717, 1.165) is 11.3 Å². The van der Waals surface area contributed by atoms with Gasteiger partial charge in [-0.3, -0.25) is 4.79 Å². The lowest BCUT2D eigenvalue weighted by Crippen LogP contribution is -2.11. The van der Waals surface area contributed by atoms with Crippen molar-refractivity contribution in [2.24, 2.45) is 0 Å². The Morgan fingerprint density at radius 1 is 1.00 bits per heavy atom. The molecule has 0 radical (unpaired) electrons. The van der Waals surface area contributed by atoms with Crippen LogP contribution in [0.2, 0.25) is 0 Å². The normalized spacial score (nSPS) is 12.9. The van der Waals surface area contributed by atoms with E-state index in [1.165, 1.54) is 0 Å². The molecule has 0 saturated heterocycles. The third-order valence-corrected chi connectivity index (χ3v) is 3.19. The van der Waals surface area contributed by atoms with Crippen molar-refractivity contribution in [3.63, 3.8) is 0 Å². The Morgan fingerprint density at radius 2 is 1.75 bits per heavy atom. The number of rotatable bonds is 2. The van der Waals surface area contributed by atoms with Gasteiger partial charge < -0.3 is 11.1 Å². The fraction of sp³-hybridized carbons (Fsp3) is 0. The van der Waals surface area contributed by atoms with Crippen molar-refractivity contribution >= 4 is 23.2 Å². The van der Waals surface area contributed by atoms with E-state index in [1.807, 2.05) is 36.4 Å². The Bertz CT molecular complexity index is 712. The molecular weight excluding hydrogens is 248 g/mol. The zero-order valence-corrected chi connectivity index (χ0v) is 10.8. The van der Waals surface area contributed by atoms with E-state index in [2.05, 4.69) is 5.32 Å². The van der Waals surface area contributed by atoms with Crippen molar-refractivity contribution in [1.29, 1.82) is 0 Å². The monoisotopic (exact) mass is 262 g/mol. The van der Waals surface area contributed by atoms with Gasteiger partial charge in [0.15, 0.2) is 0 Å². The highest BCUT2D eigenvalue weighted by Crippen LogP contribution is 2.23. The van der Waals surface area contributed by atoms with Gasteiger partial charge in [-0.2, -0.15) is 0 Å². The van der Waals surface area contributed by atoms with Crippen LogP contribution in [0.25, 0.3) is 6.08 Å². The van der Waals surface area contributed by atoms with Gasteiger partial charge in [0, 0.05) is 16.9 Å². The topological polar surface area (TPSA) is 55.1 Å². The Balaban J connectivity index is 1.92. The molecule has 2 aromatic carbocycles. The van der Waals surface area contributed by atoms with E-state index >= 15 is 0 Å². The minimum absolute atomic E-state index is 0.0497. The maximum atomic E-state index is 12.5. The molecular formula is C17H14N2O. The van der Waals surface area contributed by atoms with Gasteiger partial charge in [-0.1, -0.05) is 30.4 Å². The van der Waals surface area contributed by atoms with Crippen LogP contribution >= 0.6 is 0 Å². The van der Waals surface area contributed by atoms with Crippen LogP contribution in [0.1, 0.15) is 15.9 Å². The highest BCUT2D eigenvalue weighted by Gasteiger charge is 2.14. The van der Waals surface area contributed by atoms with Crippen LogP contribution in [-0.4, -0.2) is 5.78 Å². The first-order chi connectivity index (χ1) is 9.74. The molecule has 0 amide bonds. The molecule has 0 saturated carbocycles. The molecule has 3 rings (SSSR count). The number of nitrogens with two attached hydrogens (primary N) is 1. The average molecular weight is 262 g/mol. The highest BCUT2D eigenvalue weighted by molar-refractivity contribution is 6.11. The maximum absolute atomic E-state index is 12.5. The second kappa shape index (κ2) is 5.05. The smallest absolute Gasteiger partial charge is 0.209 e. The van der Waals surface area contributed by atoms with Crippen LogP contribution in [0.15, 0.2) is 66.4 Å². The van der Waals surface area contributed by atoms with Crippen molar-refractivity contribution in [2.75, 3.05) is 11.1 Å². The van der Waals surface area contributed by atoms with Gasteiger partial charge >= 0.3 is 0 Å². The molecule has 0 bridgehead atoms. The maximum Gasteiger partial charge on any atom is 0.209 e. The minimum atomic E-state index is -0.0497. The van der Waals surface area contributed by atoms with E-state index in [0.29, 0.717) is 16.9 Å². The van der Waals surface area contributed by atoms with Gasteiger partial charge in [-0.15, -0.1) is 0 Å². The van der Waals surface area contributed by atoms with E-state index < -0.39 is 0 Å². The van der Waals surface area contributed by atoms with Crippen molar-refractivity contribution in [3.8, 4) is 0 Å². The number of hydrogen-bond acceptors (Lipinski definition) is 3. The summed E-state index contributed by atoms with van der Waals surface area (Å²) in [4.78, 5) is 12.5. The predicted octanol–water partition coefficient (Wildman–Crippen LogP) is 3.47. The molecule has 2 aromatic rings. The quantitative estimate of drug-likeness (QED) is 0.643.